The van der Waals surface area contributed by atoms with Gasteiger partial charge in [-0.1, -0.05) is 140 Å². The van der Waals surface area contributed by atoms with E-state index in [1.54, 1.807) is 0 Å². The van der Waals surface area contributed by atoms with Gasteiger partial charge in [-0.15, -0.1) is 0 Å². The zero-order valence-corrected chi connectivity index (χ0v) is 26.3. The molecule has 8 aromatic carbocycles. The molecule has 0 unspecified atom stereocenters. The second-order valence-electron chi connectivity index (χ2n) is 12.2. The van der Waals surface area contributed by atoms with Gasteiger partial charge in [-0.2, -0.15) is 0 Å². The first-order valence-corrected chi connectivity index (χ1v) is 16.3. The topological polar surface area (TPSA) is 16.4 Å². The van der Waals surface area contributed by atoms with Crippen molar-refractivity contribution in [2.24, 2.45) is 0 Å². The molecule has 0 saturated heterocycles. The van der Waals surface area contributed by atoms with Crippen LogP contribution in [0, 0.1) is 0 Å². The highest BCUT2D eigenvalue weighted by molar-refractivity contribution is 6.16. The van der Waals surface area contributed by atoms with E-state index in [9.17, 15) is 0 Å². The van der Waals surface area contributed by atoms with Gasteiger partial charge in [0.25, 0.3) is 0 Å². The molecule has 2 nitrogen and oxygen atoms in total. The van der Waals surface area contributed by atoms with Gasteiger partial charge in [-0.3, -0.25) is 0 Å². The van der Waals surface area contributed by atoms with Gasteiger partial charge < -0.3 is 9.32 Å². The van der Waals surface area contributed by atoms with Crippen molar-refractivity contribution >= 4 is 49.8 Å². The molecule has 0 spiro atoms. The average Bonchev–Trinajstić information content (AvgIpc) is 3.53. The Balaban J connectivity index is 1.19. The molecule has 9 rings (SSSR count). The van der Waals surface area contributed by atoms with E-state index in [1.807, 2.05) is 0 Å². The molecule has 2 heteroatoms. The highest BCUT2D eigenvalue weighted by Crippen LogP contribution is 2.44. The monoisotopic (exact) mass is 613 g/mol. The van der Waals surface area contributed by atoms with Crippen molar-refractivity contribution in [2.75, 3.05) is 4.90 Å². The summed E-state index contributed by atoms with van der Waals surface area (Å²) < 4.78 is 6.51. The SMILES string of the molecule is c1ccc(-c2ccc(-c3ccc(N(c4cccc(-c5ccccc5)c4)c4cccc5oc6cc7ccccc7cc6c45)cc3)cc2)cc1. The van der Waals surface area contributed by atoms with Crippen LogP contribution in [0.3, 0.4) is 0 Å². The van der Waals surface area contributed by atoms with Gasteiger partial charge in [0.05, 0.1) is 11.1 Å². The average molecular weight is 614 g/mol. The number of rotatable bonds is 6. The summed E-state index contributed by atoms with van der Waals surface area (Å²) in [5, 5.41) is 4.58. The molecule has 0 saturated carbocycles. The van der Waals surface area contributed by atoms with Crippen molar-refractivity contribution in [2.45, 2.75) is 0 Å². The largest absolute Gasteiger partial charge is 0.456 e. The van der Waals surface area contributed by atoms with Crippen LogP contribution in [0.5, 0.6) is 0 Å². The number of benzene rings is 8. The Bertz CT molecular complexity index is 2530. The minimum Gasteiger partial charge on any atom is -0.456 e. The van der Waals surface area contributed by atoms with Crippen LogP contribution in [-0.4, -0.2) is 0 Å². The minimum atomic E-state index is 0.872. The zero-order valence-electron chi connectivity index (χ0n) is 26.3. The summed E-state index contributed by atoms with van der Waals surface area (Å²) in [4.78, 5) is 2.36. The molecule has 0 aliphatic rings. The van der Waals surface area contributed by atoms with Gasteiger partial charge >= 0.3 is 0 Å². The van der Waals surface area contributed by atoms with Crippen LogP contribution in [-0.2, 0) is 0 Å². The van der Waals surface area contributed by atoms with Crippen LogP contribution in [0.25, 0.3) is 66.1 Å². The van der Waals surface area contributed by atoms with Crippen LogP contribution < -0.4 is 4.90 Å². The number of furan rings is 1. The highest BCUT2D eigenvalue weighted by atomic mass is 16.3. The third-order valence-electron chi connectivity index (χ3n) is 9.24. The molecular formula is C46H31NO. The van der Waals surface area contributed by atoms with Crippen LogP contribution in [0.2, 0.25) is 0 Å². The molecule has 9 aromatic rings. The first kappa shape index (κ1) is 27.9. The van der Waals surface area contributed by atoms with Crippen LogP contribution in [0.15, 0.2) is 192 Å². The first-order valence-electron chi connectivity index (χ1n) is 16.3. The molecule has 1 aromatic heterocycles. The Hall–Kier alpha value is -6.38. The molecular weight excluding hydrogens is 583 g/mol. The van der Waals surface area contributed by atoms with Crippen LogP contribution in [0.1, 0.15) is 0 Å². The van der Waals surface area contributed by atoms with E-state index in [0.717, 1.165) is 39.0 Å². The van der Waals surface area contributed by atoms with E-state index in [4.69, 9.17) is 4.42 Å². The van der Waals surface area contributed by atoms with Gasteiger partial charge in [-0.05, 0) is 92.7 Å². The highest BCUT2D eigenvalue weighted by Gasteiger charge is 2.20. The third-order valence-corrected chi connectivity index (χ3v) is 9.24. The normalized spacial score (nSPS) is 11.3. The number of hydrogen-bond acceptors (Lipinski definition) is 2. The van der Waals surface area contributed by atoms with E-state index in [2.05, 4.69) is 193 Å². The van der Waals surface area contributed by atoms with Crippen molar-refractivity contribution < 1.29 is 4.42 Å². The van der Waals surface area contributed by atoms with Crippen molar-refractivity contribution in [3.8, 4) is 33.4 Å². The molecule has 0 N–H and O–H groups in total. The lowest BCUT2D eigenvalue weighted by Gasteiger charge is -2.27. The van der Waals surface area contributed by atoms with E-state index in [1.165, 1.54) is 44.2 Å². The summed E-state index contributed by atoms with van der Waals surface area (Å²) in [5.74, 6) is 0. The van der Waals surface area contributed by atoms with Crippen LogP contribution in [0.4, 0.5) is 17.1 Å². The molecule has 48 heavy (non-hydrogen) atoms. The smallest absolute Gasteiger partial charge is 0.137 e. The Morgan fingerprint density at radius 1 is 0.333 bits per heavy atom. The molecule has 0 atom stereocenters. The van der Waals surface area contributed by atoms with Crippen molar-refractivity contribution in [3.63, 3.8) is 0 Å². The predicted molar refractivity (Wildman–Crippen MR) is 202 cm³/mol. The molecule has 0 radical (unpaired) electrons. The molecule has 0 aliphatic carbocycles. The molecule has 0 bridgehead atoms. The maximum absolute atomic E-state index is 6.51. The minimum absolute atomic E-state index is 0.872. The van der Waals surface area contributed by atoms with Crippen molar-refractivity contribution in [3.05, 3.63) is 188 Å². The zero-order chi connectivity index (χ0) is 31.9. The number of fused-ring (bicyclic) bond motifs is 4. The van der Waals surface area contributed by atoms with Gasteiger partial charge in [0, 0.05) is 16.8 Å². The number of anilines is 3. The lowest BCUT2D eigenvalue weighted by atomic mass is 9.99. The molecule has 0 fully saturated rings. The van der Waals surface area contributed by atoms with E-state index in [0.29, 0.717) is 0 Å². The van der Waals surface area contributed by atoms with Gasteiger partial charge in [0.1, 0.15) is 11.2 Å². The fourth-order valence-electron chi connectivity index (χ4n) is 6.85. The van der Waals surface area contributed by atoms with Gasteiger partial charge in [-0.25, -0.2) is 0 Å². The maximum Gasteiger partial charge on any atom is 0.137 e. The van der Waals surface area contributed by atoms with Gasteiger partial charge in [0.2, 0.25) is 0 Å². The predicted octanol–water partition coefficient (Wildman–Crippen LogP) is 13.2. The number of nitrogens with zero attached hydrogens (tertiary/aromatic N) is 1. The van der Waals surface area contributed by atoms with Gasteiger partial charge in [0.15, 0.2) is 0 Å². The Kier molecular flexibility index (Phi) is 6.84. The molecule has 0 aliphatic heterocycles. The number of hydrogen-bond donors (Lipinski definition) is 0. The molecule has 1 heterocycles. The van der Waals surface area contributed by atoms with E-state index < -0.39 is 0 Å². The first-order chi connectivity index (χ1) is 23.8. The third kappa shape index (κ3) is 5.01. The summed E-state index contributed by atoms with van der Waals surface area (Å²) in [6.07, 6.45) is 0. The molecule has 226 valence electrons. The fraction of sp³-hybridized carbons (Fsp3) is 0. The second kappa shape index (κ2) is 11.8. The standard InChI is InChI=1S/C46H31NO/c1-3-11-32(12-4-1)34-21-23-35(24-22-34)36-25-27-40(28-26-36)47(41-18-9-17-37(29-41)33-13-5-2-6-14-33)43-19-10-20-44-46(43)42-30-38-15-7-8-16-39(38)31-45(42)48-44/h1-31H. The maximum atomic E-state index is 6.51. The second-order valence-corrected chi connectivity index (χ2v) is 12.2. The Morgan fingerprint density at radius 3 is 1.52 bits per heavy atom. The summed E-state index contributed by atoms with van der Waals surface area (Å²) in [7, 11) is 0. The summed E-state index contributed by atoms with van der Waals surface area (Å²) >= 11 is 0. The van der Waals surface area contributed by atoms with E-state index >= 15 is 0 Å². The summed E-state index contributed by atoms with van der Waals surface area (Å²) in [5.41, 5.74) is 12.2. The summed E-state index contributed by atoms with van der Waals surface area (Å²) in [6.45, 7) is 0. The Labute approximate surface area is 279 Å². The lowest BCUT2D eigenvalue weighted by Crippen LogP contribution is -2.10. The van der Waals surface area contributed by atoms with Crippen molar-refractivity contribution in [1.82, 2.24) is 0 Å². The summed E-state index contributed by atoms with van der Waals surface area (Å²) in [6, 6.07) is 66.9. The fourth-order valence-corrected chi connectivity index (χ4v) is 6.85. The quantitative estimate of drug-likeness (QED) is 0.185. The van der Waals surface area contributed by atoms with Crippen LogP contribution >= 0.6 is 0 Å². The Morgan fingerprint density at radius 2 is 0.854 bits per heavy atom. The lowest BCUT2D eigenvalue weighted by molar-refractivity contribution is 0.669. The van der Waals surface area contributed by atoms with E-state index in [-0.39, 0.29) is 0 Å². The van der Waals surface area contributed by atoms with Crippen molar-refractivity contribution in [1.29, 1.82) is 0 Å². The molecule has 0 amide bonds.